The van der Waals surface area contributed by atoms with Crippen molar-refractivity contribution in [2.45, 2.75) is 13.5 Å². The van der Waals surface area contributed by atoms with E-state index in [1.54, 1.807) is 12.3 Å². The summed E-state index contributed by atoms with van der Waals surface area (Å²) in [4.78, 5) is 3.95. The van der Waals surface area contributed by atoms with Gasteiger partial charge in [-0.3, -0.25) is 4.98 Å². The zero-order chi connectivity index (χ0) is 13.7. The van der Waals surface area contributed by atoms with E-state index in [1.807, 2.05) is 6.92 Å². The molecule has 0 aliphatic rings. The van der Waals surface area contributed by atoms with E-state index in [4.69, 9.17) is 4.74 Å². The molecule has 1 heterocycles. The van der Waals surface area contributed by atoms with Gasteiger partial charge in [0.15, 0.2) is 11.6 Å². The van der Waals surface area contributed by atoms with Gasteiger partial charge in [0.1, 0.15) is 11.6 Å². The van der Waals surface area contributed by atoms with Crippen molar-refractivity contribution in [3.05, 3.63) is 53.9 Å². The zero-order valence-electron chi connectivity index (χ0n) is 10.5. The third-order valence-corrected chi connectivity index (χ3v) is 2.55. The Morgan fingerprint density at radius 1 is 1.21 bits per heavy atom. The van der Waals surface area contributed by atoms with Crippen molar-refractivity contribution in [1.82, 2.24) is 10.3 Å². The minimum atomic E-state index is -0.738. The lowest BCUT2D eigenvalue weighted by Crippen LogP contribution is -2.12. The molecule has 0 fully saturated rings. The van der Waals surface area contributed by atoms with Crippen LogP contribution in [0.2, 0.25) is 0 Å². The van der Waals surface area contributed by atoms with E-state index in [1.165, 1.54) is 12.3 Å². The second-order valence-electron chi connectivity index (χ2n) is 3.94. The second kappa shape index (κ2) is 6.24. The minimum absolute atomic E-state index is 0.0212. The van der Waals surface area contributed by atoms with Crippen LogP contribution in [0.5, 0.6) is 11.5 Å². The molecule has 0 amide bonds. The molecule has 100 valence electrons. The highest BCUT2D eigenvalue weighted by atomic mass is 19.1. The number of ether oxygens (including phenoxy) is 1. The van der Waals surface area contributed by atoms with Crippen LogP contribution in [0.1, 0.15) is 12.5 Å². The Hall–Kier alpha value is -2.01. The largest absolute Gasteiger partial charge is 0.452 e. The minimum Gasteiger partial charge on any atom is -0.452 e. The van der Waals surface area contributed by atoms with Crippen LogP contribution in [0.15, 0.2) is 36.7 Å². The Balaban J connectivity index is 2.22. The van der Waals surface area contributed by atoms with Crippen LogP contribution in [0.25, 0.3) is 0 Å². The summed E-state index contributed by atoms with van der Waals surface area (Å²) in [5.74, 6) is -0.941. The van der Waals surface area contributed by atoms with E-state index in [0.717, 1.165) is 24.2 Å². The van der Waals surface area contributed by atoms with E-state index in [-0.39, 0.29) is 5.75 Å². The number of aromatic nitrogens is 1. The molecule has 0 saturated carbocycles. The highest BCUT2D eigenvalue weighted by Crippen LogP contribution is 2.27. The molecule has 0 atom stereocenters. The Bertz CT molecular complexity index is 561. The third-order valence-electron chi connectivity index (χ3n) is 2.55. The van der Waals surface area contributed by atoms with Gasteiger partial charge in [-0.2, -0.15) is 0 Å². The fraction of sp³-hybridized carbons (Fsp3) is 0.214. The summed E-state index contributed by atoms with van der Waals surface area (Å²) in [6, 6.07) is 4.99. The molecule has 0 saturated heterocycles. The number of nitrogens with zero attached hydrogens (tertiary/aromatic N) is 1. The van der Waals surface area contributed by atoms with Crippen molar-refractivity contribution >= 4 is 0 Å². The lowest BCUT2D eigenvalue weighted by atomic mass is 10.2. The number of rotatable bonds is 5. The van der Waals surface area contributed by atoms with E-state index in [2.05, 4.69) is 10.3 Å². The van der Waals surface area contributed by atoms with Crippen molar-refractivity contribution < 1.29 is 13.5 Å². The number of hydrogen-bond acceptors (Lipinski definition) is 3. The van der Waals surface area contributed by atoms with Gasteiger partial charge in [-0.05, 0) is 24.7 Å². The molecule has 2 rings (SSSR count). The maximum Gasteiger partial charge on any atom is 0.168 e. The first kappa shape index (κ1) is 13.4. The molecule has 3 nitrogen and oxygen atoms in total. The number of benzene rings is 1. The van der Waals surface area contributed by atoms with E-state index in [0.29, 0.717) is 12.3 Å². The van der Waals surface area contributed by atoms with Crippen LogP contribution >= 0.6 is 0 Å². The van der Waals surface area contributed by atoms with Gasteiger partial charge in [0.05, 0.1) is 6.20 Å². The maximum atomic E-state index is 13.5. The molecule has 5 heteroatoms. The quantitative estimate of drug-likeness (QED) is 0.900. The first-order chi connectivity index (χ1) is 9.20. The van der Waals surface area contributed by atoms with E-state index < -0.39 is 11.6 Å². The van der Waals surface area contributed by atoms with Crippen LogP contribution < -0.4 is 10.1 Å². The standard InChI is InChI=1S/C14H14F2N2O/c1-2-17-8-10-5-6-18-9-14(10)19-13-4-3-11(15)7-12(13)16/h3-7,9,17H,2,8H2,1H3. The van der Waals surface area contributed by atoms with Gasteiger partial charge >= 0.3 is 0 Å². The van der Waals surface area contributed by atoms with Gasteiger partial charge in [-0.15, -0.1) is 0 Å². The first-order valence-electron chi connectivity index (χ1n) is 5.97. The summed E-state index contributed by atoms with van der Waals surface area (Å²) in [7, 11) is 0. The summed E-state index contributed by atoms with van der Waals surface area (Å²) in [5, 5.41) is 3.15. The Kier molecular flexibility index (Phi) is 4.41. The van der Waals surface area contributed by atoms with Gasteiger partial charge < -0.3 is 10.1 Å². The molecule has 1 N–H and O–H groups in total. The third kappa shape index (κ3) is 3.48. The smallest absolute Gasteiger partial charge is 0.168 e. The molecule has 0 aliphatic heterocycles. The molecular formula is C14H14F2N2O. The van der Waals surface area contributed by atoms with Gasteiger partial charge in [0.2, 0.25) is 0 Å². The van der Waals surface area contributed by atoms with Crippen molar-refractivity contribution in [2.24, 2.45) is 0 Å². The Morgan fingerprint density at radius 2 is 2.05 bits per heavy atom. The fourth-order valence-corrected chi connectivity index (χ4v) is 1.58. The predicted molar refractivity (Wildman–Crippen MR) is 68.0 cm³/mol. The Labute approximate surface area is 110 Å². The number of pyridine rings is 1. The number of nitrogens with one attached hydrogen (secondary N) is 1. The summed E-state index contributed by atoms with van der Waals surface area (Å²) in [5.41, 5.74) is 0.862. The lowest BCUT2D eigenvalue weighted by molar-refractivity contribution is 0.430. The summed E-state index contributed by atoms with van der Waals surface area (Å²) >= 11 is 0. The van der Waals surface area contributed by atoms with Gasteiger partial charge in [0.25, 0.3) is 0 Å². The highest BCUT2D eigenvalue weighted by molar-refractivity contribution is 5.36. The van der Waals surface area contributed by atoms with Crippen LogP contribution in [0.3, 0.4) is 0 Å². The first-order valence-corrected chi connectivity index (χ1v) is 5.97. The fourth-order valence-electron chi connectivity index (χ4n) is 1.58. The van der Waals surface area contributed by atoms with Crippen molar-refractivity contribution in [3.8, 4) is 11.5 Å². The maximum absolute atomic E-state index is 13.5. The van der Waals surface area contributed by atoms with Gasteiger partial charge in [-0.1, -0.05) is 6.92 Å². The Morgan fingerprint density at radius 3 is 2.79 bits per heavy atom. The van der Waals surface area contributed by atoms with E-state index in [9.17, 15) is 8.78 Å². The van der Waals surface area contributed by atoms with Crippen molar-refractivity contribution in [2.75, 3.05) is 6.54 Å². The molecule has 0 bridgehead atoms. The molecule has 0 radical (unpaired) electrons. The topological polar surface area (TPSA) is 34.2 Å². The molecular weight excluding hydrogens is 250 g/mol. The molecule has 2 aromatic rings. The van der Waals surface area contributed by atoms with Crippen LogP contribution in [0, 0.1) is 11.6 Å². The molecule has 19 heavy (non-hydrogen) atoms. The number of hydrogen-bond donors (Lipinski definition) is 1. The molecule has 1 aromatic heterocycles. The monoisotopic (exact) mass is 264 g/mol. The lowest BCUT2D eigenvalue weighted by Gasteiger charge is -2.11. The van der Waals surface area contributed by atoms with Crippen molar-refractivity contribution in [1.29, 1.82) is 0 Å². The average Bonchev–Trinajstić information content (AvgIpc) is 2.41. The van der Waals surface area contributed by atoms with Crippen LogP contribution in [0.4, 0.5) is 8.78 Å². The normalized spacial score (nSPS) is 10.5. The van der Waals surface area contributed by atoms with E-state index >= 15 is 0 Å². The molecule has 0 unspecified atom stereocenters. The zero-order valence-corrected chi connectivity index (χ0v) is 10.5. The summed E-state index contributed by atoms with van der Waals surface area (Å²) in [6.45, 7) is 3.39. The van der Waals surface area contributed by atoms with Crippen LogP contribution in [-0.2, 0) is 6.54 Å². The second-order valence-corrected chi connectivity index (χ2v) is 3.94. The SMILES string of the molecule is CCNCc1ccncc1Oc1ccc(F)cc1F. The molecule has 1 aromatic carbocycles. The van der Waals surface area contributed by atoms with Gasteiger partial charge in [-0.25, -0.2) is 8.78 Å². The molecule has 0 spiro atoms. The number of halogens is 2. The van der Waals surface area contributed by atoms with Crippen molar-refractivity contribution in [3.63, 3.8) is 0 Å². The summed E-state index contributed by atoms with van der Waals surface area (Å²) in [6.07, 6.45) is 3.15. The summed E-state index contributed by atoms with van der Waals surface area (Å²) < 4.78 is 31.8. The van der Waals surface area contributed by atoms with Gasteiger partial charge in [0, 0.05) is 24.4 Å². The molecule has 0 aliphatic carbocycles. The predicted octanol–water partition coefficient (Wildman–Crippen LogP) is 3.26. The van der Waals surface area contributed by atoms with Crippen LogP contribution in [-0.4, -0.2) is 11.5 Å². The highest BCUT2D eigenvalue weighted by Gasteiger charge is 2.09. The average molecular weight is 264 g/mol.